The summed E-state index contributed by atoms with van der Waals surface area (Å²) in [5.74, 6) is 0.429. The second-order valence-electron chi connectivity index (χ2n) is 8.63. The summed E-state index contributed by atoms with van der Waals surface area (Å²) in [5.41, 5.74) is 3.03. The molecule has 1 amide bonds. The Kier molecular flexibility index (Phi) is 5.25. The SMILES string of the molecule is CC(C)(C)OC(=O)N1CCC(N2CCc3cc(NC(=N)c4cccs4)ccc32)C1. The van der Waals surface area contributed by atoms with E-state index in [2.05, 4.69) is 22.3 Å². The van der Waals surface area contributed by atoms with Crippen LogP contribution in [0.5, 0.6) is 0 Å². The predicted octanol–water partition coefficient (Wildman–Crippen LogP) is 4.56. The number of carbonyl (C=O) groups excluding carboxylic acids is 1. The number of nitrogens with zero attached hydrogens (tertiary/aromatic N) is 2. The average molecular weight is 413 g/mol. The minimum Gasteiger partial charge on any atom is -0.444 e. The molecule has 0 saturated carbocycles. The molecule has 0 bridgehead atoms. The van der Waals surface area contributed by atoms with Crippen molar-refractivity contribution in [2.75, 3.05) is 29.9 Å². The summed E-state index contributed by atoms with van der Waals surface area (Å²) in [6.45, 7) is 8.12. The Labute approximate surface area is 176 Å². The van der Waals surface area contributed by atoms with E-state index in [1.54, 1.807) is 11.3 Å². The quantitative estimate of drug-likeness (QED) is 0.573. The highest BCUT2D eigenvalue weighted by Crippen LogP contribution is 2.34. The first-order valence-electron chi connectivity index (χ1n) is 10.1. The molecule has 0 radical (unpaired) electrons. The number of carbonyl (C=O) groups is 1. The van der Waals surface area contributed by atoms with E-state index >= 15 is 0 Å². The molecule has 1 aromatic carbocycles. The number of rotatable bonds is 3. The van der Waals surface area contributed by atoms with Crippen LogP contribution in [-0.2, 0) is 11.2 Å². The molecule has 7 heteroatoms. The number of ether oxygens (including phenoxy) is 1. The van der Waals surface area contributed by atoms with Gasteiger partial charge >= 0.3 is 6.09 Å². The highest BCUT2D eigenvalue weighted by molar-refractivity contribution is 7.12. The van der Waals surface area contributed by atoms with Crippen LogP contribution < -0.4 is 10.2 Å². The maximum absolute atomic E-state index is 12.4. The van der Waals surface area contributed by atoms with Crippen molar-refractivity contribution in [2.45, 2.75) is 45.3 Å². The topological polar surface area (TPSA) is 68.7 Å². The van der Waals surface area contributed by atoms with Crippen LogP contribution in [0.3, 0.4) is 0 Å². The summed E-state index contributed by atoms with van der Waals surface area (Å²) >= 11 is 1.56. The molecular formula is C22H28N4O2S. The Bertz CT molecular complexity index is 904. The lowest BCUT2D eigenvalue weighted by Crippen LogP contribution is -2.40. The molecule has 1 aromatic heterocycles. The Morgan fingerprint density at radius 1 is 1.28 bits per heavy atom. The van der Waals surface area contributed by atoms with Crippen molar-refractivity contribution < 1.29 is 9.53 Å². The number of thiophene rings is 1. The zero-order valence-corrected chi connectivity index (χ0v) is 18.0. The summed E-state index contributed by atoms with van der Waals surface area (Å²) in [4.78, 5) is 17.6. The van der Waals surface area contributed by atoms with Crippen molar-refractivity contribution in [2.24, 2.45) is 0 Å². The minimum absolute atomic E-state index is 0.217. The number of anilines is 2. The maximum Gasteiger partial charge on any atom is 0.410 e. The van der Waals surface area contributed by atoms with Crippen molar-refractivity contribution in [3.05, 3.63) is 46.2 Å². The summed E-state index contributed by atoms with van der Waals surface area (Å²) in [5, 5.41) is 13.4. The molecule has 1 saturated heterocycles. The minimum atomic E-state index is -0.463. The van der Waals surface area contributed by atoms with E-state index in [1.807, 2.05) is 49.3 Å². The number of likely N-dealkylation sites (tertiary alicyclic amines) is 1. The average Bonchev–Trinajstić information content (AvgIpc) is 3.39. The number of hydrogen-bond donors (Lipinski definition) is 2. The highest BCUT2D eigenvalue weighted by Gasteiger charge is 2.35. The van der Waals surface area contributed by atoms with Crippen LogP contribution in [0.1, 0.15) is 37.6 Å². The maximum atomic E-state index is 12.4. The lowest BCUT2D eigenvalue weighted by atomic mass is 10.1. The fourth-order valence-corrected chi connectivity index (χ4v) is 4.63. The molecule has 3 heterocycles. The Morgan fingerprint density at radius 2 is 2.10 bits per heavy atom. The number of amidine groups is 1. The van der Waals surface area contributed by atoms with Gasteiger partial charge in [-0.2, -0.15) is 0 Å². The molecule has 4 rings (SSSR count). The molecule has 1 atom stereocenters. The Balaban J connectivity index is 1.40. The monoisotopic (exact) mass is 412 g/mol. The largest absolute Gasteiger partial charge is 0.444 e. The second kappa shape index (κ2) is 7.71. The van der Waals surface area contributed by atoms with E-state index < -0.39 is 5.60 Å². The van der Waals surface area contributed by atoms with Crippen molar-refractivity contribution in [1.29, 1.82) is 5.41 Å². The molecule has 0 aliphatic carbocycles. The van der Waals surface area contributed by atoms with Crippen molar-refractivity contribution in [3.63, 3.8) is 0 Å². The van der Waals surface area contributed by atoms with Crippen molar-refractivity contribution >= 4 is 34.6 Å². The van der Waals surface area contributed by atoms with Crippen molar-refractivity contribution in [1.82, 2.24) is 4.90 Å². The lowest BCUT2D eigenvalue weighted by molar-refractivity contribution is 0.0292. The van der Waals surface area contributed by atoms with E-state index in [4.69, 9.17) is 10.1 Å². The number of hydrogen-bond acceptors (Lipinski definition) is 5. The standard InChI is InChI=1S/C22H28N4O2S/c1-22(2,3)28-21(27)25-10-9-17(14-25)26-11-8-15-13-16(6-7-18(15)26)24-20(23)19-5-4-12-29-19/h4-7,12-13,17H,8-11,14H2,1-3H3,(H2,23,24). The van der Waals surface area contributed by atoms with Gasteiger partial charge in [0.05, 0.1) is 4.88 Å². The number of nitrogens with one attached hydrogen (secondary N) is 2. The van der Waals surface area contributed by atoms with Gasteiger partial charge in [0, 0.05) is 37.1 Å². The normalized spacial score (nSPS) is 18.7. The number of amides is 1. The van der Waals surface area contributed by atoms with E-state index in [9.17, 15) is 4.79 Å². The van der Waals surface area contributed by atoms with Gasteiger partial charge in [-0.05, 0) is 68.8 Å². The third kappa shape index (κ3) is 4.40. The molecule has 2 aliphatic rings. The molecule has 2 N–H and O–H groups in total. The smallest absolute Gasteiger partial charge is 0.410 e. The first kappa shape index (κ1) is 19.8. The predicted molar refractivity (Wildman–Crippen MR) is 118 cm³/mol. The molecule has 6 nitrogen and oxygen atoms in total. The van der Waals surface area contributed by atoms with E-state index in [0.29, 0.717) is 18.4 Å². The van der Waals surface area contributed by atoms with Crippen LogP contribution in [0.25, 0.3) is 0 Å². The van der Waals surface area contributed by atoms with Gasteiger partial charge in [-0.15, -0.1) is 11.3 Å². The van der Waals surface area contributed by atoms with Gasteiger partial charge in [0.2, 0.25) is 0 Å². The van der Waals surface area contributed by atoms with Crippen LogP contribution >= 0.6 is 11.3 Å². The van der Waals surface area contributed by atoms with Crippen molar-refractivity contribution in [3.8, 4) is 0 Å². The van der Waals surface area contributed by atoms with Gasteiger partial charge < -0.3 is 19.9 Å². The zero-order valence-electron chi connectivity index (χ0n) is 17.2. The summed E-state index contributed by atoms with van der Waals surface area (Å²) in [6.07, 6.45) is 1.73. The number of benzene rings is 1. The third-order valence-corrected chi connectivity index (χ3v) is 6.19. The van der Waals surface area contributed by atoms with Gasteiger partial charge in [-0.1, -0.05) is 6.07 Å². The molecule has 2 aromatic rings. The van der Waals surface area contributed by atoms with Crippen LogP contribution in [0.2, 0.25) is 0 Å². The van der Waals surface area contributed by atoms with E-state index in [1.165, 1.54) is 11.3 Å². The molecule has 154 valence electrons. The fourth-order valence-electron chi connectivity index (χ4n) is 4.00. The van der Waals surface area contributed by atoms with Crippen LogP contribution in [-0.4, -0.2) is 48.1 Å². The molecule has 1 fully saturated rings. The van der Waals surface area contributed by atoms with E-state index in [0.717, 1.165) is 36.5 Å². The van der Waals surface area contributed by atoms with Gasteiger partial charge in [-0.25, -0.2) is 4.79 Å². The van der Waals surface area contributed by atoms with Crippen LogP contribution in [0, 0.1) is 5.41 Å². The van der Waals surface area contributed by atoms with Gasteiger partial charge in [0.1, 0.15) is 11.4 Å². The Hall–Kier alpha value is -2.54. The fraction of sp³-hybridized carbons (Fsp3) is 0.455. The summed E-state index contributed by atoms with van der Waals surface area (Å²) in [7, 11) is 0. The number of fused-ring (bicyclic) bond motifs is 1. The molecule has 2 aliphatic heterocycles. The van der Waals surface area contributed by atoms with Gasteiger partial charge in [0.25, 0.3) is 0 Å². The Morgan fingerprint density at radius 3 is 2.83 bits per heavy atom. The molecule has 1 unspecified atom stereocenters. The molecular weight excluding hydrogens is 384 g/mol. The van der Waals surface area contributed by atoms with Crippen LogP contribution in [0.15, 0.2) is 35.7 Å². The first-order chi connectivity index (χ1) is 13.8. The highest BCUT2D eigenvalue weighted by atomic mass is 32.1. The summed E-state index contributed by atoms with van der Waals surface area (Å²) in [6, 6.07) is 10.6. The molecule has 0 spiro atoms. The summed E-state index contributed by atoms with van der Waals surface area (Å²) < 4.78 is 5.53. The lowest BCUT2D eigenvalue weighted by Gasteiger charge is -2.28. The first-order valence-corrected chi connectivity index (χ1v) is 10.9. The second-order valence-corrected chi connectivity index (χ2v) is 9.58. The molecule has 29 heavy (non-hydrogen) atoms. The van der Waals surface area contributed by atoms with E-state index in [-0.39, 0.29) is 6.09 Å². The zero-order chi connectivity index (χ0) is 20.6. The third-order valence-electron chi connectivity index (χ3n) is 5.30. The van der Waals surface area contributed by atoms with Gasteiger partial charge in [0.15, 0.2) is 0 Å². The van der Waals surface area contributed by atoms with Crippen LogP contribution in [0.4, 0.5) is 16.2 Å². The van der Waals surface area contributed by atoms with Gasteiger partial charge in [-0.3, -0.25) is 5.41 Å².